The third-order valence-corrected chi connectivity index (χ3v) is 6.40. The number of hydrogen-bond acceptors (Lipinski definition) is 7. The first-order chi connectivity index (χ1) is 15.8. The summed E-state index contributed by atoms with van der Waals surface area (Å²) >= 11 is 6.77. The number of ketones is 1. The van der Waals surface area contributed by atoms with Crippen molar-refractivity contribution in [2.45, 2.75) is 18.9 Å². The predicted octanol–water partition coefficient (Wildman–Crippen LogP) is 4.96. The molecule has 0 aliphatic carbocycles. The van der Waals surface area contributed by atoms with Gasteiger partial charge in [0.05, 0.1) is 5.56 Å². The lowest BCUT2D eigenvalue weighted by molar-refractivity contribution is 0.103. The Hall–Kier alpha value is -3.24. The fraction of sp³-hybridized carbons (Fsp3) is 0.227. The molecule has 7 nitrogen and oxygen atoms in total. The van der Waals surface area contributed by atoms with E-state index in [0.717, 1.165) is 23.5 Å². The van der Waals surface area contributed by atoms with Crippen LogP contribution in [0.3, 0.4) is 0 Å². The number of piperidine rings is 1. The normalized spacial score (nSPS) is 14.2. The number of nitrogens with zero attached hydrogens (tertiary/aromatic N) is 2. The largest absolute Gasteiger partial charge is 0.415 e. The SMILES string of the molecule is Nc1nc(NC2CCN(C(=O)Oc3ccc(Cl)cc3)CC2)sc1C(=O)c1c(F)cccc1F. The number of likely N-dealkylation sites (tertiary alicyclic amines) is 1. The average Bonchev–Trinajstić information content (AvgIpc) is 3.15. The minimum atomic E-state index is -0.958. The molecule has 3 N–H and O–H groups in total. The van der Waals surface area contributed by atoms with Crippen LogP contribution >= 0.6 is 22.9 Å². The van der Waals surface area contributed by atoms with Crippen molar-refractivity contribution in [3.05, 3.63) is 69.6 Å². The van der Waals surface area contributed by atoms with Crippen LogP contribution in [0, 0.1) is 11.6 Å². The number of ether oxygens (including phenoxy) is 1. The highest BCUT2D eigenvalue weighted by Crippen LogP contribution is 2.30. The van der Waals surface area contributed by atoms with Gasteiger partial charge in [-0.1, -0.05) is 29.0 Å². The van der Waals surface area contributed by atoms with Crippen molar-refractivity contribution in [1.29, 1.82) is 0 Å². The number of nitrogens with one attached hydrogen (secondary N) is 1. The van der Waals surface area contributed by atoms with E-state index in [4.69, 9.17) is 22.1 Å². The smallest absolute Gasteiger partial charge is 0.410 e. The second-order valence-electron chi connectivity index (χ2n) is 7.39. The number of hydrogen-bond donors (Lipinski definition) is 2. The highest BCUT2D eigenvalue weighted by Gasteiger charge is 2.27. The van der Waals surface area contributed by atoms with E-state index < -0.39 is 29.1 Å². The first-order valence-corrected chi connectivity index (χ1v) is 11.2. The van der Waals surface area contributed by atoms with Crippen molar-refractivity contribution >= 4 is 45.8 Å². The van der Waals surface area contributed by atoms with Crippen molar-refractivity contribution < 1.29 is 23.1 Å². The summed E-state index contributed by atoms with van der Waals surface area (Å²) in [5.74, 6) is -2.46. The van der Waals surface area contributed by atoms with Crippen LogP contribution in [0.2, 0.25) is 5.02 Å². The van der Waals surface area contributed by atoms with Gasteiger partial charge in [0.25, 0.3) is 0 Å². The maximum Gasteiger partial charge on any atom is 0.415 e. The topological polar surface area (TPSA) is 97.6 Å². The number of nitrogens with two attached hydrogens (primary N) is 1. The van der Waals surface area contributed by atoms with Gasteiger partial charge in [-0.2, -0.15) is 0 Å². The average molecular weight is 493 g/mol. The highest BCUT2D eigenvalue weighted by atomic mass is 35.5. The molecule has 1 aromatic heterocycles. The Morgan fingerprint density at radius 3 is 2.39 bits per heavy atom. The summed E-state index contributed by atoms with van der Waals surface area (Å²) in [6, 6.07) is 9.70. The third-order valence-electron chi connectivity index (χ3n) is 5.15. The van der Waals surface area contributed by atoms with Crippen LogP contribution < -0.4 is 15.8 Å². The molecule has 1 amide bonds. The van der Waals surface area contributed by atoms with Gasteiger partial charge in [0.1, 0.15) is 28.1 Å². The number of rotatable bonds is 5. The molecule has 0 saturated carbocycles. The second-order valence-corrected chi connectivity index (χ2v) is 8.82. The van der Waals surface area contributed by atoms with Crippen LogP contribution in [0.5, 0.6) is 5.75 Å². The lowest BCUT2D eigenvalue weighted by Crippen LogP contribution is -2.43. The van der Waals surface area contributed by atoms with Gasteiger partial charge >= 0.3 is 6.09 Å². The summed E-state index contributed by atoms with van der Waals surface area (Å²) in [4.78, 5) is 30.7. The Morgan fingerprint density at radius 2 is 1.76 bits per heavy atom. The zero-order chi connectivity index (χ0) is 23.5. The van der Waals surface area contributed by atoms with E-state index in [1.54, 1.807) is 29.2 Å². The minimum Gasteiger partial charge on any atom is -0.410 e. The molecule has 3 aromatic rings. The molecule has 1 aliphatic heterocycles. The van der Waals surface area contributed by atoms with E-state index in [1.165, 1.54) is 6.07 Å². The standard InChI is InChI=1S/C22H19ClF2N4O3S/c23-12-4-6-14(7-5-12)32-22(31)29-10-8-13(9-11-29)27-21-28-20(26)19(33-21)18(30)17-15(24)2-1-3-16(17)25/h1-7,13H,8-11,26H2,(H,27,28). The summed E-state index contributed by atoms with van der Waals surface area (Å²) in [5, 5.41) is 4.11. The van der Waals surface area contributed by atoms with Crippen molar-refractivity contribution in [2.75, 3.05) is 24.1 Å². The van der Waals surface area contributed by atoms with Crippen LogP contribution in [0.4, 0.5) is 24.5 Å². The van der Waals surface area contributed by atoms with Gasteiger partial charge in [0, 0.05) is 24.2 Å². The maximum absolute atomic E-state index is 14.0. The van der Waals surface area contributed by atoms with E-state index in [0.29, 0.717) is 41.8 Å². The number of thiazole rings is 1. The molecule has 1 aliphatic rings. The highest BCUT2D eigenvalue weighted by molar-refractivity contribution is 7.18. The van der Waals surface area contributed by atoms with Crippen LogP contribution in [0.1, 0.15) is 28.1 Å². The van der Waals surface area contributed by atoms with Gasteiger partial charge in [0.2, 0.25) is 5.78 Å². The van der Waals surface area contributed by atoms with Crippen LogP contribution in [-0.4, -0.2) is 40.9 Å². The number of nitrogen functional groups attached to an aromatic ring is 1. The summed E-state index contributed by atoms with van der Waals surface area (Å²) in [5.41, 5.74) is 5.18. The zero-order valence-electron chi connectivity index (χ0n) is 17.2. The number of halogens is 3. The molecule has 11 heteroatoms. The number of carbonyl (C=O) groups is 2. The molecule has 1 saturated heterocycles. The second kappa shape index (κ2) is 9.72. The Kier molecular flexibility index (Phi) is 6.75. The lowest BCUT2D eigenvalue weighted by Gasteiger charge is -2.31. The predicted molar refractivity (Wildman–Crippen MR) is 122 cm³/mol. The number of carbonyl (C=O) groups excluding carboxylic acids is 2. The zero-order valence-corrected chi connectivity index (χ0v) is 18.8. The molecule has 0 bridgehead atoms. The fourth-order valence-electron chi connectivity index (χ4n) is 3.43. The number of anilines is 2. The molecule has 172 valence electrons. The number of benzene rings is 2. The molecule has 0 atom stereocenters. The van der Waals surface area contributed by atoms with Crippen LogP contribution in [0.25, 0.3) is 0 Å². The maximum atomic E-state index is 14.0. The van der Waals surface area contributed by atoms with Gasteiger partial charge in [0.15, 0.2) is 5.13 Å². The molecule has 4 rings (SSSR count). The molecule has 2 aromatic carbocycles. The quantitative estimate of drug-likeness (QED) is 0.488. The van der Waals surface area contributed by atoms with Crippen molar-refractivity contribution in [1.82, 2.24) is 9.88 Å². The molecule has 0 spiro atoms. The Balaban J connectivity index is 1.35. The van der Waals surface area contributed by atoms with Gasteiger partial charge in [-0.25, -0.2) is 18.6 Å². The van der Waals surface area contributed by atoms with E-state index in [1.807, 2.05) is 0 Å². The first kappa shape index (κ1) is 22.9. The molecular weight excluding hydrogens is 474 g/mol. The van der Waals surface area contributed by atoms with Gasteiger partial charge in [-0.3, -0.25) is 4.79 Å². The van der Waals surface area contributed by atoms with E-state index in [9.17, 15) is 18.4 Å². The number of amides is 1. The van der Waals surface area contributed by atoms with E-state index in [2.05, 4.69) is 10.3 Å². The van der Waals surface area contributed by atoms with Gasteiger partial charge in [-0.05, 0) is 49.2 Å². The Labute approximate surface area is 197 Å². The van der Waals surface area contributed by atoms with Gasteiger partial charge < -0.3 is 20.7 Å². The van der Waals surface area contributed by atoms with Crippen LogP contribution in [-0.2, 0) is 0 Å². The summed E-state index contributed by atoms with van der Waals surface area (Å²) in [6.45, 7) is 0.911. The first-order valence-electron chi connectivity index (χ1n) is 10.1. The van der Waals surface area contributed by atoms with E-state index >= 15 is 0 Å². The summed E-state index contributed by atoms with van der Waals surface area (Å²) in [6.07, 6.45) is 0.773. The van der Waals surface area contributed by atoms with Gasteiger partial charge in [-0.15, -0.1) is 0 Å². The Bertz CT molecular complexity index is 1160. The van der Waals surface area contributed by atoms with Crippen molar-refractivity contribution in [2.24, 2.45) is 0 Å². The molecular formula is C22H19ClF2N4O3S. The van der Waals surface area contributed by atoms with Crippen molar-refractivity contribution in [3.63, 3.8) is 0 Å². The monoisotopic (exact) mass is 492 g/mol. The third kappa shape index (κ3) is 5.23. The summed E-state index contributed by atoms with van der Waals surface area (Å²) < 4.78 is 33.3. The Morgan fingerprint density at radius 1 is 1.12 bits per heavy atom. The molecule has 2 heterocycles. The molecule has 0 radical (unpaired) electrons. The fourth-order valence-corrected chi connectivity index (χ4v) is 4.47. The molecule has 33 heavy (non-hydrogen) atoms. The van der Waals surface area contributed by atoms with E-state index in [-0.39, 0.29) is 16.7 Å². The minimum absolute atomic E-state index is 0.0247. The summed E-state index contributed by atoms with van der Waals surface area (Å²) in [7, 11) is 0. The lowest BCUT2D eigenvalue weighted by atomic mass is 10.1. The van der Waals surface area contributed by atoms with Crippen LogP contribution in [0.15, 0.2) is 42.5 Å². The number of aromatic nitrogens is 1. The van der Waals surface area contributed by atoms with Crippen molar-refractivity contribution in [3.8, 4) is 5.75 Å². The molecule has 0 unspecified atom stereocenters. The molecule has 1 fully saturated rings.